The second kappa shape index (κ2) is 4.53. The predicted octanol–water partition coefficient (Wildman–Crippen LogP) is 1.90. The van der Waals surface area contributed by atoms with Crippen molar-refractivity contribution in [2.75, 3.05) is 13.7 Å². The number of para-hydroxylation sites is 1. The van der Waals surface area contributed by atoms with Crippen LogP contribution >= 0.6 is 12.4 Å². The number of methoxy groups -OCH3 is 1. The SMILES string of the molecule is COc1cccc2c1OCCC2N.Cl. The normalized spacial score (nSPS) is 18.9. The summed E-state index contributed by atoms with van der Waals surface area (Å²) in [4.78, 5) is 0. The van der Waals surface area contributed by atoms with Crippen LogP contribution in [0, 0.1) is 0 Å². The van der Waals surface area contributed by atoms with E-state index in [1.54, 1.807) is 7.11 Å². The van der Waals surface area contributed by atoms with Crippen LogP contribution < -0.4 is 15.2 Å². The zero-order valence-electron chi connectivity index (χ0n) is 8.03. The fraction of sp³-hybridized carbons (Fsp3) is 0.400. The molecule has 14 heavy (non-hydrogen) atoms. The molecule has 0 saturated heterocycles. The largest absolute Gasteiger partial charge is 0.493 e. The number of nitrogens with two attached hydrogens (primary N) is 1. The summed E-state index contributed by atoms with van der Waals surface area (Å²) in [5, 5.41) is 0. The van der Waals surface area contributed by atoms with Crippen LogP contribution in [0.1, 0.15) is 18.0 Å². The van der Waals surface area contributed by atoms with E-state index in [1.807, 2.05) is 18.2 Å². The number of benzene rings is 1. The fourth-order valence-electron chi connectivity index (χ4n) is 1.58. The number of hydrogen-bond acceptors (Lipinski definition) is 3. The van der Waals surface area contributed by atoms with E-state index in [0.717, 1.165) is 23.5 Å². The molecule has 0 bridgehead atoms. The molecule has 0 saturated carbocycles. The Morgan fingerprint density at radius 3 is 3.00 bits per heavy atom. The van der Waals surface area contributed by atoms with E-state index >= 15 is 0 Å². The van der Waals surface area contributed by atoms with Crippen LogP contribution in [0.2, 0.25) is 0 Å². The van der Waals surface area contributed by atoms with Gasteiger partial charge < -0.3 is 15.2 Å². The molecule has 0 spiro atoms. The second-order valence-corrected chi connectivity index (χ2v) is 3.12. The van der Waals surface area contributed by atoms with Gasteiger partial charge in [0.1, 0.15) is 0 Å². The van der Waals surface area contributed by atoms with E-state index in [4.69, 9.17) is 15.2 Å². The number of hydrogen-bond donors (Lipinski definition) is 1. The van der Waals surface area contributed by atoms with Crippen molar-refractivity contribution < 1.29 is 9.47 Å². The van der Waals surface area contributed by atoms with Gasteiger partial charge in [-0.2, -0.15) is 0 Å². The molecule has 0 amide bonds. The van der Waals surface area contributed by atoms with Gasteiger partial charge in [0.05, 0.1) is 13.7 Å². The Morgan fingerprint density at radius 2 is 2.29 bits per heavy atom. The lowest BCUT2D eigenvalue weighted by atomic mass is 10.0. The van der Waals surface area contributed by atoms with Crippen LogP contribution in [0.25, 0.3) is 0 Å². The molecular weight excluding hydrogens is 202 g/mol. The number of halogens is 1. The van der Waals surface area contributed by atoms with Crippen molar-refractivity contribution in [2.24, 2.45) is 5.73 Å². The molecule has 1 aliphatic heterocycles. The van der Waals surface area contributed by atoms with Crippen molar-refractivity contribution in [3.63, 3.8) is 0 Å². The molecule has 3 nitrogen and oxygen atoms in total. The van der Waals surface area contributed by atoms with Gasteiger partial charge in [0.15, 0.2) is 11.5 Å². The highest BCUT2D eigenvalue weighted by Gasteiger charge is 2.20. The van der Waals surface area contributed by atoms with Crippen molar-refractivity contribution in [3.8, 4) is 11.5 Å². The quantitative estimate of drug-likeness (QED) is 0.778. The third-order valence-electron chi connectivity index (χ3n) is 2.30. The molecule has 1 unspecified atom stereocenters. The Kier molecular flexibility index (Phi) is 3.61. The third kappa shape index (κ3) is 1.79. The first-order valence-electron chi connectivity index (χ1n) is 4.38. The van der Waals surface area contributed by atoms with Crippen molar-refractivity contribution in [1.29, 1.82) is 0 Å². The summed E-state index contributed by atoms with van der Waals surface area (Å²) in [5.74, 6) is 1.58. The van der Waals surface area contributed by atoms with E-state index in [9.17, 15) is 0 Å². The molecule has 78 valence electrons. The first-order chi connectivity index (χ1) is 6.33. The van der Waals surface area contributed by atoms with Crippen molar-refractivity contribution >= 4 is 12.4 Å². The van der Waals surface area contributed by atoms with Gasteiger partial charge in [0.2, 0.25) is 0 Å². The van der Waals surface area contributed by atoms with Crippen molar-refractivity contribution in [1.82, 2.24) is 0 Å². The molecule has 0 aromatic heterocycles. The van der Waals surface area contributed by atoms with Gasteiger partial charge in [-0.3, -0.25) is 0 Å². The van der Waals surface area contributed by atoms with Crippen molar-refractivity contribution in [3.05, 3.63) is 23.8 Å². The predicted molar refractivity (Wildman–Crippen MR) is 57.3 cm³/mol. The zero-order valence-corrected chi connectivity index (χ0v) is 8.84. The van der Waals surface area contributed by atoms with Crippen LogP contribution in [0.5, 0.6) is 11.5 Å². The van der Waals surface area contributed by atoms with Crippen LogP contribution in [-0.4, -0.2) is 13.7 Å². The van der Waals surface area contributed by atoms with Gasteiger partial charge in [0.25, 0.3) is 0 Å². The van der Waals surface area contributed by atoms with Gasteiger partial charge in [-0.1, -0.05) is 12.1 Å². The summed E-state index contributed by atoms with van der Waals surface area (Å²) in [5.41, 5.74) is 6.98. The van der Waals surface area contributed by atoms with E-state index in [2.05, 4.69) is 0 Å². The summed E-state index contributed by atoms with van der Waals surface area (Å²) in [6.45, 7) is 0.675. The van der Waals surface area contributed by atoms with Crippen molar-refractivity contribution in [2.45, 2.75) is 12.5 Å². The van der Waals surface area contributed by atoms with E-state index in [1.165, 1.54) is 0 Å². The molecule has 1 aromatic rings. The van der Waals surface area contributed by atoms with E-state index < -0.39 is 0 Å². The van der Waals surface area contributed by atoms with E-state index in [-0.39, 0.29) is 18.4 Å². The molecule has 2 N–H and O–H groups in total. The first kappa shape index (κ1) is 11.1. The topological polar surface area (TPSA) is 44.5 Å². The Hall–Kier alpha value is -0.930. The lowest BCUT2D eigenvalue weighted by molar-refractivity contribution is 0.253. The van der Waals surface area contributed by atoms with Crippen LogP contribution in [0.4, 0.5) is 0 Å². The monoisotopic (exact) mass is 215 g/mol. The molecule has 1 atom stereocenters. The average molecular weight is 216 g/mol. The number of rotatable bonds is 1. The Morgan fingerprint density at radius 1 is 1.50 bits per heavy atom. The van der Waals surface area contributed by atoms with Gasteiger partial charge >= 0.3 is 0 Å². The van der Waals surface area contributed by atoms with Crippen LogP contribution in [0.15, 0.2) is 18.2 Å². The van der Waals surface area contributed by atoms with Gasteiger partial charge in [-0.05, 0) is 6.07 Å². The minimum absolute atomic E-state index is 0. The van der Waals surface area contributed by atoms with Gasteiger partial charge in [-0.25, -0.2) is 0 Å². The highest BCUT2D eigenvalue weighted by molar-refractivity contribution is 5.85. The Bertz CT molecular complexity index is 317. The maximum absolute atomic E-state index is 5.93. The zero-order chi connectivity index (χ0) is 9.26. The number of ether oxygens (including phenoxy) is 2. The third-order valence-corrected chi connectivity index (χ3v) is 2.30. The molecule has 1 aliphatic rings. The van der Waals surface area contributed by atoms with Gasteiger partial charge in [0, 0.05) is 18.0 Å². The minimum Gasteiger partial charge on any atom is -0.493 e. The molecular formula is C10H14ClNO2. The average Bonchev–Trinajstić information content (AvgIpc) is 2.18. The standard InChI is InChI=1S/C10H13NO2.ClH/c1-12-9-4-2-3-7-8(11)5-6-13-10(7)9;/h2-4,8H,5-6,11H2,1H3;1H. The van der Waals surface area contributed by atoms with E-state index in [0.29, 0.717) is 6.61 Å². The maximum atomic E-state index is 5.93. The molecule has 1 heterocycles. The summed E-state index contributed by atoms with van der Waals surface area (Å²) in [6.07, 6.45) is 0.875. The van der Waals surface area contributed by atoms with Crippen LogP contribution in [0.3, 0.4) is 0 Å². The molecule has 4 heteroatoms. The second-order valence-electron chi connectivity index (χ2n) is 3.12. The highest BCUT2D eigenvalue weighted by Crippen LogP contribution is 2.37. The first-order valence-corrected chi connectivity index (χ1v) is 4.38. The maximum Gasteiger partial charge on any atom is 0.165 e. The number of fused-ring (bicyclic) bond motifs is 1. The summed E-state index contributed by atoms with van der Waals surface area (Å²) in [6, 6.07) is 5.89. The van der Waals surface area contributed by atoms with Crippen LogP contribution in [-0.2, 0) is 0 Å². The molecule has 2 rings (SSSR count). The summed E-state index contributed by atoms with van der Waals surface area (Å²) >= 11 is 0. The lowest BCUT2D eigenvalue weighted by Crippen LogP contribution is -2.20. The minimum atomic E-state index is 0. The Labute approximate surface area is 89.6 Å². The smallest absolute Gasteiger partial charge is 0.165 e. The molecule has 0 radical (unpaired) electrons. The molecule has 0 aliphatic carbocycles. The molecule has 0 fully saturated rings. The highest BCUT2D eigenvalue weighted by atomic mass is 35.5. The fourth-order valence-corrected chi connectivity index (χ4v) is 1.58. The van der Waals surface area contributed by atoms with Gasteiger partial charge in [-0.15, -0.1) is 12.4 Å². The lowest BCUT2D eigenvalue weighted by Gasteiger charge is -2.24. The summed E-state index contributed by atoms with van der Waals surface area (Å²) < 4.78 is 10.7. The Balaban J connectivity index is 0.000000980. The summed E-state index contributed by atoms with van der Waals surface area (Å²) in [7, 11) is 1.64. The molecule has 1 aromatic carbocycles.